The van der Waals surface area contributed by atoms with Crippen LogP contribution in [0, 0.1) is 5.82 Å². The molecular weight excluding hydrogens is 318 g/mol. The van der Waals surface area contributed by atoms with Crippen LogP contribution in [0.25, 0.3) is 0 Å². The van der Waals surface area contributed by atoms with Gasteiger partial charge in [-0.1, -0.05) is 29.8 Å². The molecule has 0 amide bonds. The lowest BCUT2D eigenvalue weighted by Crippen LogP contribution is -2.10. The van der Waals surface area contributed by atoms with Crippen LogP contribution in [0.5, 0.6) is 0 Å². The first-order chi connectivity index (χ1) is 10.2. The van der Waals surface area contributed by atoms with E-state index in [0.29, 0.717) is 5.56 Å². The maximum absolute atomic E-state index is 13.5. The topological polar surface area (TPSA) is 21.9 Å². The van der Waals surface area contributed by atoms with Gasteiger partial charge in [-0.05, 0) is 42.3 Å². The van der Waals surface area contributed by atoms with Gasteiger partial charge in [-0.25, -0.2) is 4.39 Å². The quantitative estimate of drug-likeness (QED) is 0.604. The Morgan fingerprint density at radius 3 is 2.27 bits per heavy atom. The molecular formula is C16H12ClF4N. The summed E-state index contributed by atoms with van der Waals surface area (Å²) in [4.78, 5) is 0. The minimum absolute atomic E-state index is 0.0423. The highest BCUT2D eigenvalue weighted by atomic mass is 35.5. The molecule has 0 unspecified atom stereocenters. The zero-order valence-corrected chi connectivity index (χ0v) is 12.3. The molecule has 0 bridgehead atoms. The summed E-state index contributed by atoms with van der Waals surface area (Å²) in [6.45, 7) is 1.87. The Balaban J connectivity index is 1.85. The molecule has 2 aromatic carbocycles. The van der Waals surface area contributed by atoms with Crippen molar-refractivity contribution < 1.29 is 17.6 Å². The highest BCUT2D eigenvalue weighted by Crippen LogP contribution is 2.49. The smallest absolute Gasteiger partial charge is 0.297 e. The van der Waals surface area contributed by atoms with Crippen molar-refractivity contribution in [3.63, 3.8) is 0 Å². The largest absolute Gasteiger partial charge is 0.416 e. The van der Waals surface area contributed by atoms with E-state index in [1.165, 1.54) is 24.3 Å². The first kappa shape index (κ1) is 15.3. The number of hydrogen-bond acceptors (Lipinski definition) is 1. The third-order valence-corrected chi connectivity index (χ3v) is 4.33. The van der Waals surface area contributed by atoms with E-state index in [9.17, 15) is 17.6 Å². The van der Waals surface area contributed by atoms with Crippen LogP contribution in [0.4, 0.5) is 17.6 Å². The maximum atomic E-state index is 13.5. The molecule has 0 radical (unpaired) electrons. The molecule has 0 aromatic heterocycles. The molecule has 3 rings (SSSR count). The van der Waals surface area contributed by atoms with Gasteiger partial charge in [-0.15, -0.1) is 0 Å². The average molecular weight is 330 g/mol. The molecule has 0 spiro atoms. The summed E-state index contributed by atoms with van der Waals surface area (Å²) >= 11 is 5.65. The molecule has 1 saturated heterocycles. The van der Waals surface area contributed by atoms with Gasteiger partial charge in [-0.2, -0.15) is 13.2 Å². The van der Waals surface area contributed by atoms with Crippen LogP contribution in [0.3, 0.4) is 0 Å². The lowest BCUT2D eigenvalue weighted by molar-refractivity contribution is -0.137. The second-order valence-electron chi connectivity index (χ2n) is 5.53. The van der Waals surface area contributed by atoms with Crippen LogP contribution in [0.1, 0.15) is 29.7 Å². The molecule has 1 aliphatic heterocycles. The summed E-state index contributed by atoms with van der Waals surface area (Å²) in [6, 6.07) is 9.37. The van der Waals surface area contributed by atoms with Gasteiger partial charge in [0.25, 0.3) is 0 Å². The normalized spacial score (nSPS) is 24.4. The Labute approximate surface area is 129 Å². The maximum Gasteiger partial charge on any atom is 0.416 e. The van der Waals surface area contributed by atoms with E-state index in [0.717, 1.165) is 17.7 Å². The number of nitrogens with one attached hydrogen (secondary N) is 1. The van der Waals surface area contributed by atoms with Crippen molar-refractivity contribution in [1.82, 2.24) is 5.32 Å². The SMILES string of the molecule is C[C@]1(c2ccc(C(F)(F)F)cc2)N[C@@H]1c1ccc(Cl)c(F)c1. The molecule has 2 aromatic rings. The molecule has 6 heteroatoms. The van der Waals surface area contributed by atoms with E-state index < -0.39 is 23.1 Å². The molecule has 1 fully saturated rings. The molecule has 1 N–H and O–H groups in total. The van der Waals surface area contributed by atoms with Crippen molar-refractivity contribution in [1.29, 1.82) is 0 Å². The number of benzene rings is 2. The molecule has 0 saturated carbocycles. The van der Waals surface area contributed by atoms with Crippen molar-refractivity contribution in [2.45, 2.75) is 24.7 Å². The predicted octanol–water partition coefficient (Wildman–Crippen LogP) is 5.06. The van der Waals surface area contributed by atoms with Gasteiger partial charge in [0, 0.05) is 0 Å². The molecule has 1 nitrogen and oxygen atoms in total. The molecule has 0 aliphatic carbocycles. The lowest BCUT2D eigenvalue weighted by Gasteiger charge is -2.12. The van der Waals surface area contributed by atoms with E-state index in [1.54, 1.807) is 6.07 Å². The number of alkyl halides is 3. The standard InChI is InChI=1S/C16H12ClF4N/c1-15(10-3-5-11(6-4-10)16(19,20)21)14(22-15)9-2-7-12(17)13(18)8-9/h2-8,14,22H,1H3/t14-,15-/m1/s1. The Kier molecular flexibility index (Phi) is 3.45. The van der Waals surface area contributed by atoms with E-state index in [4.69, 9.17) is 11.6 Å². The minimum Gasteiger partial charge on any atom is -0.297 e. The van der Waals surface area contributed by atoms with E-state index in [2.05, 4.69) is 5.32 Å². The molecule has 1 heterocycles. The van der Waals surface area contributed by atoms with Crippen molar-refractivity contribution in [3.05, 3.63) is 70.0 Å². The number of rotatable bonds is 2. The monoisotopic (exact) mass is 329 g/mol. The summed E-state index contributed by atoms with van der Waals surface area (Å²) < 4.78 is 51.3. The zero-order chi connectivity index (χ0) is 16.1. The molecule has 116 valence electrons. The lowest BCUT2D eigenvalue weighted by atomic mass is 9.92. The second-order valence-corrected chi connectivity index (χ2v) is 5.94. The zero-order valence-electron chi connectivity index (χ0n) is 11.5. The van der Waals surface area contributed by atoms with Crippen LogP contribution in [0.15, 0.2) is 42.5 Å². The van der Waals surface area contributed by atoms with Gasteiger partial charge in [0.2, 0.25) is 0 Å². The van der Waals surface area contributed by atoms with Crippen molar-refractivity contribution >= 4 is 11.6 Å². The fourth-order valence-electron chi connectivity index (χ4n) is 2.62. The fraction of sp³-hybridized carbons (Fsp3) is 0.250. The summed E-state index contributed by atoms with van der Waals surface area (Å²) in [5.74, 6) is -0.511. The van der Waals surface area contributed by atoms with Gasteiger partial charge in [0.1, 0.15) is 5.82 Å². The van der Waals surface area contributed by atoms with Gasteiger partial charge in [-0.3, -0.25) is 5.32 Å². The minimum atomic E-state index is -4.35. The van der Waals surface area contributed by atoms with Gasteiger partial charge in [0.05, 0.1) is 22.2 Å². The van der Waals surface area contributed by atoms with Crippen molar-refractivity contribution in [2.75, 3.05) is 0 Å². The van der Waals surface area contributed by atoms with Crippen molar-refractivity contribution in [3.8, 4) is 0 Å². The third kappa shape index (κ3) is 2.59. The second kappa shape index (κ2) is 4.96. The average Bonchev–Trinajstić information content (AvgIpc) is 3.15. The molecule has 2 atom stereocenters. The first-order valence-electron chi connectivity index (χ1n) is 6.62. The predicted molar refractivity (Wildman–Crippen MR) is 76.1 cm³/mol. The molecule has 22 heavy (non-hydrogen) atoms. The summed E-state index contributed by atoms with van der Waals surface area (Å²) in [7, 11) is 0. The summed E-state index contributed by atoms with van der Waals surface area (Å²) in [6.07, 6.45) is -4.35. The fourth-order valence-corrected chi connectivity index (χ4v) is 2.74. The van der Waals surface area contributed by atoms with Crippen LogP contribution in [0.2, 0.25) is 5.02 Å². The summed E-state index contributed by atoms with van der Waals surface area (Å²) in [5, 5.41) is 3.23. The Morgan fingerprint density at radius 1 is 1.09 bits per heavy atom. The molecule has 1 aliphatic rings. The van der Waals surface area contributed by atoms with Crippen LogP contribution in [-0.2, 0) is 11.7 Å². The highest BCUT2D eigenvalue weighted by Gasteiger charge is 2.51. The summed E-state index contributed by atoms with van der Waals surface area (Å²) in [5.41, 5.74) is 0.240. The van der Waals surface area contributed by atoms with E-state index in [1.807, 2.05) is 6.92 Å². The van der Waals surface area contributed by atoms with E-state index >= 15 is 0 Å². The first-order valence-corrected chi connectivity index (χ1v) is 7.00. The van der Waals surface area contributed by atoms with Crippen LogP contribution >= 0.6 is 11.6 Å². The highest BCUT2D eigenvalue weighted by molar-refractivity contribution is 6.30. The number of halogens is 5. The number of hydrogen-bond donors (Lipinski definition) is 1. The third-order valence-electron chi connectivity index (χ3n) is 4.03. The van der Waals surface area contributed by atoms with Crippen LogP contribution in [-0.4, -0.2) is 0 Å². The van der Waals surface area contributed by atoms with Gasteiger partial charge >= 0.3 is 6.18 Å². The Bertz CT molecular complexity index is 711. The van der Waals surface area contributed by atoms with Crippen LogP contribution < -0.4 is 5.32 Å². The van der Waals surface area contributed by atoms with Gasteiger partial charge in [0.15, 0.2) is 0 Å². The Morgan fingerprint density at radius 2 is 1.73 bits per heavy atom. The Hall–Kier alpha value is -1.59. The van der Waals surface area contributed by atoms with Gasteiger partial charge < -0.3 is 0 Å². The van der Waals surface area contributed by atoms with E-state index in [-0.39, 0.29) is 11.1 Å². The van der Waals surface area contributed by atoms with Crippen molar-refractivity contribution in [2.24, 2.45) is 0 Å².